The van der Waals surface area contributed by atoms with Crippen LogP contribution in [0.2, 0.25) is 0 Å². The van der Waals surface area contributed by atoms with E-state index in [0.29, 0.717) is 21.6 Å². The van der Waals surface area contributed by atoms with Crippen molar-refractivity contribution in [3.05, 3.63) is 68.2 Å². The van der Waals surface area contributed by atoms with E-state index in [2.05, 4.69) is 21.2 Å². The number of nitrogens with zero attached hydrogens (tertiary/aromatic N) is 1. The average molecular weight is 370 g/mol. The molecule has 5 nitrogen and oxygen atoms in total. The summed E-state index contributed by atoms with van der Waals surface area (Å²) in [5.74, 6) is 0.0915. The molecule has 7 heteroatoms. The Morgan fingerprint density at radius 1 is 1.24 bits per heavy atom. The van der Waals surface area contributed by atoms with E-state index >= 15 is 0 Å². The number of nitro benzene ring substituents is 1. The summed E-state index contributed by atoms with van der Waals surface area (Å²) in [5.41, 5.74) is 1.82. The lowest BCUT2D eigenvalue weighted by Gasteiger charge is -2.06. The number of nitrogens with one attached hydrogen (secondary N) is 1. The predicted octanol–water partition coefficient (Wildman–Crippen LogP) is 4.35. The van der Waals surface area contributed by atoms with Crippen molar-refractivity contribution in [2.75, 3.05) is 5.32 Å². The van der Waals surface area contributed by atoms with Gasteiger partial charge in [0.25, 0.3) is 11.6 Å². The van der Waals surface area contributed by atoms with Crippen LogP contribution in [0.5, 0.6) is 0 Å². The maximum atomic E-state index is 12.1. The average Bonchev–Trinajstić information content (AvgIpc) is 2.47. The van der Waals surface area contributed by atoms with Crippen LogP contribution in [-0.4, -0.2) is 10.8 Å². The van der Waals surface area contributed by atoms with Crippen molar-refractivity contribution in [1.82, 2.24) is 0 Å². The van der Waals surface area contributed by atoms with Crippen LogP contribution in [0.25, 0.3) is 0 Å². The first kappa shape index (κ1) is 15.5. The molecule has 0 fully saturated rings. The maximum absolute atomic E-state index is 12.1. The third-order valence-corrected chi connectivity index (χ3v) is 3.72. The lowest BCUT2D eigenvalue weighted by Crippen LogP contribution is -2.11. The second-order valence-corrected chi connectivity index (χ2v) is 5.33. The monoisotopic (exact) mass is 368 g/mol. The second kappa shape index (κ2) is 6.69. The normalized spacial score (nSPS) is 10.2. The van der Waals surface area contributed by atoms with Gasteiger partial charge in [0.1, 0.15) is 0 Å². The number of carbonyl (C=O) groups excluding carboxylic acids is 1. The number of rotatable bonds is 4. The van der Waals surface area contributed by atoms with Gasteiger partial charge in [-0.2, -0.15) is 0 Å². The van der Waals surface area contributed by atoms with Crippen molar-refractivity contribution >= 4 is 44.8 Å². The third kappa shape index (κ3) is 3.80. The van der Waals surface area contributed by atoms with Crippen molar-refractivity contribution in [3.63, 3.8) is 0 Å². The summed E-state index contributed by atoms with van der Waals surface area (Å²) in [4.78, 5) is 22.3. The van der Waals surface area contributed by atoms with Crippen LogP contribution in [0.4, 0.5) is 11.4 Å². The Hall–Kier alpha value is -1.92. The van der Waals surface area contributed by atoms with Crippen molar-refractivity contribution in [2.45, 2.75) is 5.88 Å². The number of anilines is 1. The SMILES string of the molecule is O=C(Nc1ccc([N+](=O)[O-])c(Br)c1)c1ccc(CCl)cc1. The fourth-order valence-electron chi connectivity index (χ4n) is 1.68. The van der Waals surface area contributed by atoms with E-state index in [1.165, 1.54) is 18.2 Å². The van der Waals surface area contributed by atoms with Crippen LogP contribution >= 0.6 is 27.5 Å². The first-order chi connectivity index (χ1) is 10.0. The van der Waals surface area contributed by atoms with E-state index in [9.17, 15) is 14.9 Å². The summed E-state index contributed by atoms with van der Waals surface area (Å²) in [7, 11) is 0. The largest absolute Gasteiger partial charge is 0.322 e. The molecule has 108 valence electrons. The smallest absolute Gasteiger partial charge is 0.283 e. The first-order valence-corrected chi connectivity index (χ1v) is 7.24. The molecular weight excluding hydrogens is 360 g/mol. The van der Waals surface area contributed by atoms with Gasteiger partial charge in [0.15, 0.2) is 0 Å². The molecule has 0 radical (unpaired) electrons. The molecule has 21 heavy (non-hydrogen) atoms. The number of alkyl halides is 1. The predicted molar refractivity (Wildman–Crippen MR) is 84.7 cm³/mol. The topological polar surface area (TPSA) is 72.2 Å². The minimum Gasteiger partial charge on any atom is -0.322 e. The van der Waals surface area contributed by atoms with Gasteiger partial charge in [0.05, 0.1) is 9.40 Å². The van der Waals surface area contributed by atoms with Crippen molar-refractivity contribution in [1.29, 1.82) is 0 Å². The molecule has 0 bridgehead atoms. The van der Waals surface area contributed by atoms with Gasteiger partial charge in [-0.15, -0.1) is 11.6 Å². The number of carbonyl (C=O) groups is 1. The maximum Gasteiger partial charge on any atom is 0.283 e. The minimum atomic E-state index is -0.499. The van der Waals surface area contributed by atoms with Gasteiger partial charge in [0, 0.05) is 23.2 Å². The van der Waals surface area contributed by atoms with E-state index in [4.69, 9.17) is 11.6 Å². The summed E-state index contributed by atoms with van der Waals surface area (Å²) in [6, 6.07) is 11.2. The number of nitro groups is 1. The molecule has 2 aromatic carbocycles. The molecule has 0 unspecified atom stereocenters. The molecule has 0 heterocycles. The minimum absolute atomic E-state index is 0.0561. The summed E-state index contributed by atoms with van der Waals surface area (Å²) in [5, 5.41) is 13.4. The highest BCUT2D eigenvalue weighted by Crippen LogP contribution is 2.27. The number of halogens is 2. The Morgan fingerprint density at radius 2 is 1.90 bits per heavy atom. The second-order valence-electron chi connectivity index (χ2n) is 4.21. The van der Waals surface area contributed by atoms with Crippen LogP contribution < -0.4 is 5.32 Å². The van der Waals surface area contributed by atoms with Gasteiger partial charge in [-0.1, -0.05) is 12.1 Å². The van der Waals surface area contributed by atoms with Crippen molar-refractivity contribution < 1.29 is 9.72 Å². The lowest BCUT2D eigenvalue weighted by atomic mass is 10.1. The van der Waals surface area contributed by atoms with E-state index in [0.717, 1.165) is 5.56 Å². The molecule has 0 aliphatic rings. The van der Waals surface area contributed by atoms with Gasteiger partial charge in [-0.25, -0.2) is 0 Å². The van der Waals surface area contributed by atoms with Crippen LogP contribution in [0.3, 0.4) is 0 Å². The number of benzene rings is 2. The highest BCUT2D eigenvalue weighted by Gasteiger charge is 2.13. The van der Waals surface area contributed by atoms with Gasteiger partial charge in [-0.3, -0.25) is 14.9 Å². The highest BCUT2D eigenvalue weighted by molar-refractivity contribution is 9.10. The van der Waals surface area contributed by atoms with Crippen molar-refractivity contribution in [3.8, 4) is 0 Å². The molecule has 1 amide bonds. The molecule has 0 saturated heterocycles. The number of hydrogen-bond acceptors (Lipinski definition) is 3. The molecule has 1 N–H and O–H groups in total. The fourth-order valence-corrected chi connectivity index (χ4v) is 2.38. The van der Waals surface area contributed by atoms with Gasteiger partial charge in [0.2, 0.25) is 0 Å². The number of hydrogen-bond donors (Lipinski definition) is 1. The van der Waals surface area contributed by atoms with E-state index < -0.39 is 4.92 Å². The molecule has 2 aromatic rings. The van der Waals surface area contributed by atoms with Crippen molar-refractivity contribution in [2.24, 2.45) is 0 Å². The fraction of sp³-hybridized carbons (Fsp3) is 0.0714. The van der Waals surface area contributed by atoms with Gasteiger partial charge in [-0.05, 0) is 45.8 Å². The number of amides is 1. The molecule has 2 rings (SSSR count). The van der Waals surface area contributed by atoms with Crippen LogP contribution in [-0.2, 0) is 5.88 Å². The van der Waals surface area contributed by atoms with Gasteiger partial charge < -0.3 is 5.32 Å². The third-order valence-electron chi connectivity index (χ3n) is 2.77. The molecule has 0 spiro atoms. The Kier molecular flexibility index (Phi) is 4.93. The van der Waals surface area contributed by atoms with Crippen LogP contribution in [0.15, 0.2) is 46.9 Å². The molecule has 0 aliphatic carbocycles. The van der Waals surface area contributed by atoms with E-state index in [1.54, 1.807) is 24.3 Å². The Morgan fingerprint density at radius 3 is 2.43 bits per heavy atom. The molecule has 0 aromatic heterocycles. The summed E-state index contributed by atoms with van der Waals surface area (Å²) in [6.07, 6.45) is 0. The zero-order valence-electron chi connectivity index (χ0n) is 10.7. The van der Waals surface area contributed by atoms with E-state index in [-0.39, 0.29) is 11.6 Å². The Bertz CT molecular complexity index is 689. The molecule has 0 saturated carbocycles. The van der Waals surface area contributed by atoms with Gasteiger partial charge >= 0.3 is 0 Å². The highest BCUT2D eigenvalue weighted by atomic mass is 79.9. The molecular formula is C14H10BrClN2O3. The van der Waals surface area contributed by atoms with E-state index in [1.807, 2.05) is 0 Å². The van der Waals surface area contributed by atoms with Crippen LogP contribution in [0, 0.1) is 10.1 Å². The quantitative estimate of drug-likeness (QED) is 0.495. The Balaban J connectivity index is 2.15. The summed E-state index contributed by atoms with van der Waals surface area (Å²) in [6.45, 7) is 0. The lowest BCUT2D eigenvalue weighted by molar-refractivity contribution is -0.385. The Labute approximate surface area is 134 Å². The molecule has 0 aliphatic heterocycles. The zero-order valence-corrected chi connectivity index (χ0v) is 13.0. The zero-order chi connectivity index (χ0) is 15.4. The summed E-state index contributed by atoms with van der Waals surface area (Å²) >= 11 is 8.79. The molecule has 0 atom stereocenters. The standard InChI is InChI=1S/C14H10BrClN2O3/c15-12-7-11(5-6-13(12)18(20)21)17-14(19)10-3-1-9(8-16)2-4-10/h1-7H,8H2,(H,17,19). The summed E-state index contributed by atoms with van der Waals surface area (Å²) < 4.78 is 0.308. The first-order valence-electron chi connectivity index (χ1n) is 5.91. The van der Waals surface area contributed by atoms with Crippen LogP contribution in [0.1, 0.15) is 15.9 Å².